The largest absolute Gasteiger partial charge is 0.355 e. The van der Waals surface area contributed by atoms with Gasteiger partial charge < -0.3 is 10.2 Å². The van der Waals surface area contributed by atoms with Crippen LogP contribution in [0.2, 0.25) is 0 Å². The highest BCUT2D eigenvalue weighted by Gasteiger charge is 2.26. The summed E-state index contributed by atoms with van der Waals surface area (Å²) in [5.41, 5.74) is 0.405. The van der Waals surface area contributed by atoms with E-state index in [-0.39, 0.29) is 17.5 Å². The number of hydrogen-bond donors (Lipinski definition) is 1. The number of amides is 1. The number of anilines is 2. The molecule has 8 nitrogen and oxygen atoms in total. The SMILES string of the molecule is Cc1ccc(N2CCC(C(=O)Nc3ccc(F)c([N+](=O)[O-])c3)CC2)nn1. The second-order valence-corrected chi connectivity index (χ2v) is 6.21. The van der Waals surface area contributed by atoms with E-state index in [1.807, 2.05) is 19.1 Å². The number of aromatic nitrogens is 2. The molecule has 0 saturated carbocycles. The molecular weight excluding hydrogens is 341 g/mol. The van der Waals surface area contributed by atoms with Crippen LogP contribution in [0.25, 0.3) is 0 Å². The van der Waals surface area contributed by atoms with Gasteiger partial charge in [0.25, 0.3) is 0 Å². The van der Waals surface area contributed by atoms with Gasteiger partial charge >= 0.3 is 5.69 Å². The quantitative estimate of drug-likeness (QED) is 0.665. The van der Waals surface area contributed by atoms with Crippen LogP contribution >= 0.6 is 0 Å². The van der Waals surface area contributed by atoms with Crippen LogP contribution in [0.15, 0.2) is 30.3 Å². The lowest BCUT2D eigenvalue weighted by molar-refractivity contribution is -0.387. The zero-order valence-corrected chi connectivity index (χ0v) is 14.2. The van der Waals surface area contributed by atoms with E-state index in [0.29, 0.717) is 25.9 Å². The van der Waals surface area contributed by atoms with E-state index in [1.165, 1.54) is 6.07 Å². The van der Waals surface area contributed by atoms with Gasteiger partial charge in [0.05, 0.1) is 10.6 Å². The normalized spacial score (nSPS) is 14.9. The van der Waals surface area contributed by atoms with Crippen molar-refractivity contribution in [2.75, 3.05) is 23.3 Å². The topological polar surface area (TPSA) is 101 Å². The maximum absolute atomic E-state index is 13.4. The standard InChI is InChI=1S/C17H18FN5O3/c1-11-2-5-16(21-20-11)22-8-6-12(7-9-22)17(24)19-13-3-4-14(18)15(10-13)23(25)26/h2-5,10,12H,6-9H2,1H3,(H,19,24). The van der Waals surface area contributed by atoms with Crippen LogP contribution < -0.4 is 10.2 Å². The van der Waals surface area contributed by atoms with Crippen LogP contribution in [-0.4, -0.2) is 34.1 Å². The monoisotopic (exact) mass is 359 g/mol. The summed E-state index contributed by atoms with van der Waals surface area (Å²) in [6.07, 6.45) is 1.26. The Labute approximate surface area is 149 Å². The van der Waals surface area contributed by atoms with Crippen molar-refractivity contribution in [3.8, 4) is 0 Å². The minimum atomic E-state index is -0.930. The van der Waals surface area contributed by atoms with Gasteiger partial charge in [-0.05, 0) is 44.0 Å². The second-order valence-electron chi connectivity index (χ2n) is 6.21. The second kappa shape index (κ2) is 7.42. The number of carbonyl (C=O) groups excluding carboxylic acids is 1. The summed E-state index contributed by atoms with van der Waals surface area (Å²) < 4.78 is 13.4. The summed E-state index contributed by atoms with van der Waals surface area (Å²) >= 11 is 0. The van der Waals surface area contributed by atoms with Crippen LogP contribution in [0.1, 0.15) is 18.5 Å². The van der Waals surface area contributed by atoms with E-state index in [1.54, 1.807) is 0 Å². The van der Waals surface area contributed by atoms with Crippen molar-refractivity contribution in [1.29, 1.82) is 0 Å². The third-order valence-corrected chi connectivity index (χ3v) is 4.38. The Bertz CT molecular complexity index is 820. The van der Waals surface area contributed by atoms with E-state index < -0.39 is 16.4 Å². The van der Waals surface area contributed by atoms with Gasteiger partial charge in [-0.25, -0.2) is 0 Å². The molecule has 136 valence electrons. The third kappa shape index (κ3) is 3.93. The van der Waals surface area contributed by atoms with Gasteiger partial charge in [0.2, 0.25) is 11.7 Å². The Morgan fingerprint density at radius 2 is 2.00 bits per heavy atom. The molecule has 1 aliphatic heterocycles. The Kier molecular flexibility index (Phi) is 5.06. The maximum Gasteiger partial charge on any atom is 0.306 e. The molecule has 9 heteroatoms. The Morgan fingerprint density at radius 3 is 2.62 bits per heavy atom. The molecule has 1 saturated heterocycles. The predicted octanol–water partition coefficient (Wildman–Crippen LogP) is 2.69. The van der Waals surface area contributed by atoms with Gasteiger partial charge in [0.15, 0.2) is 5.82 Å². The van der Waals surface area contributed by atoms with E-state index in [4.69, 9.17) is 0 Å². The number of nitrogens with zero attached hydrogens (tertiary/aromatic N) is 4. The highest BCUT2D eigenvalue weighted by Crippen LogP contribution is 2.25. The number of rotatable bonds is 4. The zero-order chi connectivity index (χ0) is 18.7. The van der Waals surface area contributed by atoms with Gasteiger partial charge in [0, 0.05) is 30.8 Å². The Morgan fingerprint density at radius 1 is 1.27 bits per heavy atom. The van der Waals surface area contributed by atoms with Gasteiger partial charge in [-0.2, -0.15) is 9.49 Å². The van der Waals surface area contributed by atoms with Crippen molar-refractivity contribution in [1.82, 2.24) is 10.2 Å². The number of halogens is 1. The van der Waals surface area contributed by atoms with Gasteiger partial charge in [0.1, 0.15) is 0 Å². The highest BCUT2D eigenvalue weighted by atomic mass is 19.1. The molecule has 3 rings (SSSR count). The van der Waals surface area contributed by atoms with Crippen molar-refractivity contribution in [2.45, 2.75) is 19.8 Å². The summed E-state index contributed by atoms with van der Waals surface area (Å²) in [6, 6.07) is 7.12. The molecular formula is C17H18FN5O3. The lowest BCUT2D eigenvalue weighted by Gasteiger charge is -2.31. The summed E-state index contributed by atoms with van der Waals surface area (Å²) in [5.74, 6) is -0.585. The molecule has 1 aromatic carbocycles. The number of carbonyl (C=O) groups is 1. The molecule has 2 heterocycles. The number of nitro groups is 1. The van der Waals surface area contributed by atoms with Crippen LogP contribution in [-0.2, 0) is 4.79 Å². The summed E-state index contributed by atoms with van der Waals surface area (Å²) in [4.78, 5) is 24.4. The number of nitro benzene ring substituents is 1. The maximum atomic E-state index is 13.4. The molecule has 1 fully saturated rings. The fraction of sp³-hybridized carbons (Fsp3) is 0.353. The molecule has 0 spiro atoms. The third-order valence-electron chi connectivity index (χ3n) is 4.38. The van der Waals surface area contributed by atoms with Crippen molar-refractivity contribution in [2.24, 2.45) is 5.92 Å². The Balaban J connectivity index is 1.59. The van der Waals surface area contributed by atoms with Gasteiger partial charge in [-0.1, -0.05) is 0 Å². The molecule has 1 amide bonds. The lowest BCUT2D eigenvalue weighted by atomic mass is 9.96. The van der Waals surface area contributed by atoms with Crippen molar-refractivity contribution < 1.29 is 14.1 Å². The molecule has 0 aliphatic carbocycles. The zero-order valence-electron chi connectivity index (χ0n) is 14.2. The minimum absolute atomic E-state index is 0.214. The summed E-state index contributed by atoms with van der Waals surface area (Å²) in [7, 11) is 0. The van der Waals surface area contributed by atoms with Crippen molar-refractivity contribution in [3.05, 3.63) is 52.0 Å². The molecule has 26 heavy (non-hydrogen) atoms. The van der Waals surface area contributed by atoms with Gasteiger partial charge in [-0.15, -0.1) is 5.10 Å². The van der Waals surface area contributed by atoms with Crippen LogP contribution in [0.4, 0.5) is 21.6 Å². The van der Waals surface area contributed by atoms with E-state index in [9.17, 15) is 19.3 Å². The number of benzene rings is 1. The van der Waals surface area contributed by atoms with E-state index in [0.717, 1.165) is 23.6 Å². The molecule has 1 aromatic heterocycles. The number of aryl methyl sites for hydroxylation is 1. The Hall–Kier alpha value is -3.10. The number of piperidine rings is 1. The van der Waals surface area contributed by atoms with E-state index >= 15 is 0 Å². The molecule has 1 aliphatic rings. The molecule has 1 N–H and O–H groups in total. The first-order chi connectivity index (χ1) is 12.4. The first kappa shape index (κ1) is 17.7. The molecule has 0 unspecified atom stereocenters. The minimum Gasteiger partial charge on any atom is -0.355 e. The van der Waals surface area contributed by atoms with Crippen LogP contribution in [0, 0.1) is 28.8 Å². The first-order valence-electron chi connectivity index (χ1n) is 8.24. The summed E-state index contributed by atoms with van der Waals surface area (Å²) in [5, 5.41) is 21.6. The molecule has 2 aromatic rings. The molecule has 0 atom stereocenters. The smallest absolute Gasteiger partial charge is 0.306 e. The highest BCUT2D eigenvalue weighted by molar-refractivity contribution is 5.93. The molecule has 0 bridgehead atoms. The number of nitrogens with one attached hydrogen (secondary N) is 1. The van der Waals surface area contributed by atoms with Crippen LogP contribution in [0.5, 0.6) is 0 Å². The van der Waals surface area contributed by atoms with Crippen LogP contribution in [0.3, 0.4) is 0 Å². The first-order valence-corrected chi connectivity index (χ1v) is 8.24. The van der Waals surface area contributed by atoms with E-state index in [2.05, 4.69) is 20.4 Å². The fourth-order valence-electron chi connectivity index (χ4n) is 2.91. The molecule has 0 radical (unpaired) electrons. The average Bonchev–Trinajstić information content (AvgIpc) is 2.64. The number of hydrogen-bond acceptors (Lipinski definition) is 6. The average molecular weight is 359 g/mol. The van der Waals surface area contributed by atoms with Crippen molar-refractivity contribution in [3.63, 3.8) is 0 Å². The van der Waals surface area contributed by atoms with Gasteiger partial charge in [-0.3, -0.25) is 14.9 Å². The lowest BCUT2D eigenvalue weighted by Crippen LogP contribution is -2.38. The fourth-order valence-corrected chi connectivity index (χ4v) is 2.91. The summed E-state index contributed by atoms with van der Waals surface area (Å²) in [6.45, 7) is 3.20. The van der Waals surface area contributed by atoms with Crippen molar-refractivity contribution >= 4 is 23.1 Å². The predicted molar refractivity (Wildman–Crippen MR) is 93.4 cm³/mol.